The van der Waals surface area contributed by atoms with Gasteiger partial charge >= 0.3 is 0 Å². The zero-order valence-electron chi connectivity index (χ0n) is 10.2. The Morgan fingerprint density at radius 1 is 1.11 bits per heavy atom. The second kappa shape index (κ2) is 6.48. The molecule has 19 heavy (non-hydrogen) atoms. The monoisotopic (exact) mass is 321 g/mol. The minimum atomic E-state index is -0.518. The molecule has 2 aromatic rings. The second-order valence-corrected chi connectivity index (χ2v) is 4.86. The first-order chi connectivity index (χ1) is 9.20. The Balaban J connectivity index is 2.09. The van der Waals surface area contributed by atoms with Crippen LogP contribution in [0.3, 0.4) is 0 Å². The van der Waals surface area contributed by atoms with Gasteiger partial charge in [0, 0.05) is 11.0 Å². The van der Waals surface area contributed by atoms with Gasteiger partial charge in [-0.25, -0.2) is 4.39 Å². The van der Waals surface area contributed by atoms with Crippen LogP contribution >= 0.6 is 15.9 Å². The van der Waals surface area contributed by atoms with Crippen molar-refractivity contribution in [2.24, 2.45) is 0 Å². The van der Waals surface area contributed by atoms with Crippen molar-refractivity contribution in [1.29, 1.82) is 0 Å². The summed E-state index contributed by atoms with van der Waals surface area (Å²) in [5.74, 6) is -0.956. The topological polar surface area (TPSA) is 29.1 Å². The molecule has 0 aliphatic heterocycles. The van der Waals surface area contributed by atoms with Gasteiger partial charge in [0.1, 0.15) is 5.82 Å². The standard InChI is InChI=1S/C15H13BrFNO/c16-10-9-11-5-7-12(8-6-11)18-15(19)13-3-1-2-4-14(13)17/h1-8H,9-10H2,(H,18,19). The number of rotatable bonds is 4. The lowest BCUT2D eigenvalue weighted by molar-refractivity contribution is 0.102. The normalized spacial score (nSPS) is 10.2. The molecule has 0 fully saturated rings. The quantitative estimate of drug-likeness (QED) is 0.847. The van der Waals surface area contributed by atoms with Crippen molar-refractivity contribution >= 4 is 27.5 Å². The zero-order valence-corrected chi connectivity index (χ0v) is 11.8. The van der Waals surface area contributed by atoms with Gasteiger partial charge < -0.3 is 5.32 Å². The van der Waals surface area contributed by atoms with Crippen molar-refractivity contribution in [3.05, 3.63) is 65.5 Å². The summed E-state index contributed by atoms with van der Waals surface area (Å²) in [5.41, 5.74) is 1.89. The molecule has 2 nitrogen and oxygen atoms in total. The summed E-state index contributed by atoms with van der Waals surface area (Å²) in [6.45, 7) is 0. The lowest BCUT2D eigenvalue weighted by atomic mass is 10.1. The number of benzene rings is 2. The highest BCUT2D eigenvalue weighted by molar-refractivity contribution is 9.09. The third-order valence-electron chi connectivity index (χ3n) is 2.71. The molecule has 0 unspecified atom stereocenters. The van der Waals surface area contributed by atoms with Crippen molar-refractivity contribution < 1.29 is 9.18 Å². The van der Waals surface area contributed by atoms with Crippen LogP contribution in [-0.4, -0.2) is 11.2 Å². The van der Waals surface area contributed by atoms with Crippen LogP contribution in [0.1, 0.15) is 15.9 Å². The molecule has 0 saturated heterocycles. The molecule has 1 amide bonds. The van der Waals surface area contributed by atoms with E-state index >= 15 is 0 Å². The lowest BCUT2D eigenvalue weighted by Gasteiger charge is -2.07. The number of hydrogen-bond donors (Lipinski definition) is 1. The fourth-order valence-electron chi connectivity index (χ4n) is 1.71. The van der Waals surface area contributed by atoms with Crippen LogP contribution in [0, 0.1) is 5.82 Å². The molecule has 0 bridgehead atoms. The number of amides is 1. The highest BCUT2D eigenvalue weighted by Crippen LogP contribution is 2.13. The fraction of sp³-hybridized carbons (Fsp3) is 0.133. The van der Waals surface area contributed by atoms with Gasteiger partial charge in [0.25, 0.3) is 5.91 Å². The molecule has 2 rings (SSSR count). The largest absolute Gasteiger partial charge is 0.322 e. The van der Waals surface area contributed by atoms with Crippen LogP contribution < -0.4 is 5.32 Å². The first-order valence-electron chi connectivity index (χ1n) is 5.91. The third-order valence-corrected chi connectivity index (χ3v) is 3.11. The average molecular weight is 322 g/mol. The van der Waals surface area contributed by atoms with E-state index < -0.39 is 11.7 Å². The molecule has 0 aromatic heterocycles. The molecule has 0 saturated carbocycles. The fourth-order valence-corrected chi connectivity index (χ4v) is 2.17. The van der Waals surface area contributed by atoms with Crippen molar-refractivity contribution in [3.63, 3.8) is 0 Å². The van der Waals surface area contributed by atoms with Crippen LogP contribution in [-0.2, 0) is 6.42 Å². The van der Waals surface area contributed by atoms with Crippen molar-refractivity contribution in [3.8, 4) is 0 Å². The van der Waals surface area contributed by atoms with Gasteiger partial charge in [-0.2, -0.15) is 0 Å². The van der Waals surface area contributed by atoms with Gasteiger partial charge in [-0.05, 0) is 36.2 Å². The maximum Gasteiger partial charge on any atom is 0.258 e. The van der Waals surface area contributed by atoms with E-state index in [4.69, 9.17) is 0 Å². The van der Waals surface area contributed by atoms with Crippen molar-refractivity contribution in [2.45, 2.75) is 6.42 Å². The second-order valence-electron chi connectivity index (χ2n) is 4.07. The van der Waals surface area contributed by atoms with Gasteiger partial charge in [0.2, 0.25) is 0 Å². The van der Waals surface area contributed by atoms with Gasteiger partial charge in [0.15, 0.2) is 0 Å². The van der Waals surface area contributed by atoms with E-state index in [1.54, 1.807) is 12.1 Å². The Kier molecular flexibility index (Phi) is 4.68. The molecule has 0 heterocycles. The smallest absolute Gasteiger partial charge is 0.258 e. The number of aryl methyl sites for hydroxylation is 1. The summed E-state index contributed by atoms with van der Waals surface area (Å²) < 4.78 is 13.4. The average Bonchev–Trinajstić information content (AvgIpc) is 2.42. The number of alkyl halides is 1. The molecule has 0 aliphatic carbocycles. The van der Waals surface area contributed by atoms with E-state index in [-0.39, 0.29) is 5.56 Å². The maximum absolute atomic E-state index is 13.4. The predicted molar refractivity (Wildman–Crippen MR) is 78.3 cm³/mol. The van der Waals surface area contributed by atoms with Gasteiger partial charge in [-0.1, -0.05) is 40.2 Å². The summed E-state index contributed by atoms with van der Waals surface area (Å²) in [5, 5.41) is 3.57. The SMILES string of the molecule is O=C(Nc1ccc(CCBr)cc1)c1ccccc1F. The first kappa shape index (κ1) is 13.7. The zero-order chi connectivity index (χ0) is 13.7. The molecule has 4 heteroatoms. The number of hydrogen-bond acceptors (Lipinski definition) is 1. The third kappa shape index (κ3) is 3.64. The van der Waals surface area contributed by atoms with Crippen LogP contribution in [0.5, 0.6) is 0 Å². The van der Waals surface area contributed by atoms with Crippen molar-refractivity contribution in [2.75, 3.05) is 10.6 Å². The lowest BCUT2D eigenvalue weighted by Crippen LogP contribution is -2.13. The maximum atomic E-state index is 13.4. The Bertz CT molecular complexity index is 569. The summed E-state index contributed by atoms with van der Waals surface area (Å²) >= 11 is 3.37. The molecule has 1 N–H and O–H groups in total. The van der Waals surface area contributed by atoms with E-state index in [0.29, 0.717) is 5.69 Å². The highest BCUT2D eigenvalue weighted by Gasteiger charge is 2.10. The Hall–Kier alpha value is -1.68. The van der Waals surface area contributed by atoms with E-state index in [1.807, 2.05) is 24.3 Å². The minimum absolute atomic E-state index is 0.0482. The Morgan fingerprint density at radius 3 is 2.42 bits per heavy atom. The first-order valence-corrected chi connectivity index (χ1v) is 7.03. The number of anilines is 1. The number of carbonyl (C=O) groups is 1. The van der Waals surface area contributed by atoms with E-state index in [0.717, 1.165) is 11.8 Å². The van der Waals surface area contributed by atoms with Crippen LogP contribution in [0.2, 0.25) is 0 Å². The number of carbonyl (C=O) groups excluding carboxylic acids is 1. The summed E-state index contributed by atoms with van der Waals surface area (Å²) in [6.07, 6.45) is 0.932. The predicted octanol–water partition coefficient (Wildman–Crippen LogP) is 4.02. The van der Waals surface area contributed by atoms with Gasteiger partial charge in [-0.3, -0.25) is 4.79 Å². The van der Waals surface area contributed by atoms with Crippen molar-refractivity contribution in [1.82, 2.24) is 0 Å². The van der Waals surface area contributed by atoms with Crippen LogP contribution in [0.4, 0.5) is 10.1 Å². The molecular formula is C15H13BrFNO. The number of nitrogens with one attached hydrogen (secondary N) is 1. The van der Waals surface area contributed by atoms with Gasteiger partial charge in [-0.15, -0.1) is 0 Å². The summed E-state index contributed by atoms with van der Waals surface area (Å²) in [4.78, 5) is 11.9. The molecule has 0 aliphatic rings. The minimum Gasteiger partial charge on any atom is -0.322 e. The molecule has 2 aromatic carbocycles. The molecule has 0 atom stereocenters. The molecular weight excluding hydrogens is 309 g/mol. The molecule has 98 valence electrons. The van der Waals surface area contributed by atoms with E-state index in [9.17, 15) is 9.18 Å². The van der Waals surface area contributed by atoms with Gasteiger partial charge in [0.05, 0.1) is 5.56 Å². The van der Waals surface area contributed by atoms with E-state index in [2.05, 4.69) is 21.2 Å². The number of halogens is 2. The Morgan fingerprint density at radius 2 is 1.79 bits per heavy atom. The van der Waals surface area contributed by atoms with E-state index in [1.165, 1.54) is 17.7 Å². The van der Waals surface area contributed by atoms with Crippen LogP contribution in [0.15, 0.2) is 48.5 Å². The summed E-state index contributed by atoms with van der Waals surface area (Å²) in [6, 6.07) is 13.4. The molecule has 0 spiro atoms. The highest BCUT2D eigenvalue weighted by atomic mass is 79.9. The van der Waals surface area contributed by atoms with Crippen LogP contribution in [0.25, 0.3) is 0 Å². The molecule has 0 radical (unpaired) electrons. The summed E-state index contributed by atoms with van der Waals surface area (Å²) in [7, 11) is 0. The Labute approximate surface area is 119 Å².